The maximum Gasteiger partial charge on any atom is 0.161 e. The summed E-state index contributed by atoms with van der Waals surface area (Å²) in [6, 6.07) is 0. The third-order valence-corrected chi connectivity index (χ3v) is 4.86. The van der Waals surface area contributed by atoms with E-state index in [0.29, 0.717) is 24.3 Å². The Morgan fingerprint density at radius 1 is 1.44 bits per heavy atom. The van der Waals surface area contributed by atoms with E-state index in [-0.39, 0.29) is 23.7 Å². The Hall–Kier alpha value is -0.930. The predicted octanol–water partition coefficient (Wildman–Crippen LogP) is 1.85. The van der Waals surface area contributed by atoms with Gasteiger partial charge in [-0.15, -0.1) is 0 Å². The summed E-state index contributed by atoms with van der Waals surface area (Å²) in [7, 11) is 0. The molecule has 0 amide bonds. The molecule has 0 saturated heterocycles. The van der Waals surface area contributed by atoms with Gasteiger partial charge in [0.25, 0.3) is 0 Å². The maximum absolute atomic E-state index is 12.1. The molecule has 2 rings (SSSR count). The maximum atomic E-state index is 12.1. The summed E-state index contributed by atoms with van der Waals surface area (Å²) in [5.41, 5.74) is 1.24. The number of aliphatic hydroxyl groups is 2. The number of carbonyl (C=O) groups is 1. The van der Waals surface area contributed by atoms with Crippen LogP contribution in [-0.2, 0) is 4.79 Å². The van der Waals surface area contributed by atoms with Gasteiger partial charge in [0.2, 0.25) is 0 Å². The molecule has 0 aliphatic heterocycles. The van der Waals surface area contributed by atoms with Crippen LogP contribution in [0, 0.1) is 17.3 Å². The second-order valence-corrected chi connectivity index (χ2v) is 6.09. The summed E-state index contributed by atoms with van der Waals surface area (Å²) >= 11 is 0. The van der Waals surface area contributed by atoms with Crippen LogP contribution in [0.15, 0.2) is 24.3 Å². The third-order valence-electron chi connectivity index (χ3n) is 4.86. The summed E-state index contributed by atoms with van der Waals surface area (Å²) in [5.74, 6) is 0.389. The molecule has 18 heavy (non-hydrogen) atoms. The average molecular weight is 250 g/mol. The van der Waals surface area contributed by atoms with Crippen LogP contribution in [0.1, 0.15) is 32.6 Å². The van der Waals surface area contributed by atoms with Crippen molar-refractivity contribution in [1.82, 2.24) is 0 Å². The molecule has 2 N–H and O–H groups in total. The molecular weight excluding hydrogens is 228 g/mol. The fraction of sp³-hybridized carbons (Fsp3) is 0.667. The monoisotopic (exact) mass is 250 g/mol. The summed E-state index contributed by atoms with van der Waals surface area (Å²) in [4.78, 5) is 12.1. The lowest BCUT2D eigenvalue weighted by molar-refractivity contribution is -0.123. The normalized spacial score (nSPS) is 41.5. The Labute approximate surface area is 108 Å². The van der Waals surface area contributed by atoms with Gasteiger partial charge < -0.3 is 10.2 Å². The minimum atomic E-state index is -0.743. The van der Waals surface area contributed by atoms with Gasteiger partial charge in [0.15, 0.2) is 5.78 Å². The zero-order chi connectivity index (χ0) is 13.5. The number of allylic oxidation sites excluding steroid dienone is 1. The molecule has 0 heterocycles. The van der Waals surface area contributed by atoms with E-state index in [2.05, 4.69) is 13.2 Å². The second kappa shape index (κ2) is 4.63. The zero-order valence-corrected chi connectivity index (χ0v) is 11.0. The highest BCUT2D eigenvalue weighted by Gasteiger charge is 2.51. The van der Waals surface area contributed by atoms with Gasteiger partial charge in [-0.25, -0.2) is 0 Å². The quantitative estimate of drug-likeness (QED) is 0.551. The van der Waals surface area contributed by atoms with E-state index in [1.165, 1.54) is 0 Å². The van der Waals surface area contributed by atoms with Crippen molar-refractivity contribution in [2.45, 2.75) is 38.7 Å². The van der Waals surface area contributed by atoms with Gasteiger partial charge in [0, 0.05) is 18.6 Å². The van der Waals surface area contributed by atoms with Crippen molar-refractivity contribution in [3.63, 3.8) is 0 Å². The first kappa shape index (κ1) is 13.5. The van der Waals surface area contributed by atoms with Crippen LogP contribution in [-0.4, -0.2) is 28.7 Å². The molecule has 2 aliphatic carbocycles. The van der Waals surface area contributed by atoms with E-state index < -0.39 is 6.10 Å². The van der Waals surface area contributed by atoms with E-state index in [0.717, 1.165) is 18.4 Å². The smallest absolute Gasteiger partial charge is 0.161 e. The molecule has 2 aliphatic rings. The summed E-state index contributed by atoms with van der Waals surface area (Å²) in [5, 5.41) is 19.4. The van der Waals surface area contributed by atoms with Crippen molar-refractivity contribution in [3.8, 4) is 0 Å². The summed E-state index contributed by atoms with van der Waals surface area (Å²) in [6.45, 7) is 9.92. The number of Topliss-reactive ketones (excluding diaryl/α,β-unsaturated/α-hetero) is 1. The topological polar surface area (TPSA) is 57.5 Å². The molecule has 0 radical (unpaired) electrons. The molecule has 0 unspecified atom stereocenters. The van der Waals surface area contributed by atoms with E-state index in [1.54, 1.807) is 0 Å². The number of hydrogen-bond acceptors (Lipinski definition) is 3. The van der Waals surface area contributed by atoms with Crippen molar-refractivity contribution in [3.05, 3.63) is 24.3 Å². The SMILES string of the molecule is C=C1CC[C@H](O)C(=C)C(=O)C[C@@H]2[C@@H]1C[C@]2(C)CO. The molecule has 2 fully saturated rings. The Balaban J connectivity index is 2.24. The molecule has 3 nitrogen and oxygen atoms in total. The molecule has 100 valence electrons. The van der Waals surface area contributed by atoms with Crippen LogP contribution in [0.5, 0.6) is 0 Å². The molecular formula is C15H22O3. The van der Waals surface area contributed by atoms with Gasteiger partial charge in [-0.2, -0.15) is 0 Å². The highest BCUT2D eigenvalue weighted by atomic mass is 16.3. The number of aliphatic hydroxyl groups excluding tert-OH is 2. The van der Waals surface area contributed by atoms with Crippen LogP contribution in [0.3, 0.4) is 0 Å². The van der Waals surface area contributed by atoms with Crippen molar-refractivity contribution in [1.29, 1.82) is 0 Å². The molecule has 3 heteroatoms. The zero-order valence-electron chi connectivity index (χ0n) is 11.0. The number of carbonyl (C=O) groups excluding carboxylic acids is 1. The number of fused-ring (bicyclic) bond motifs is 1. The fourth-order valence-corrected chi connectivity index (χ4v) is 3.32. The molecule has 0 aromatic heterocycles. The van der Waals surface area contributed by atoms with E-state index >= 15 is 0 Å². The standard InChI is InChI=1S/C15H22O3/c1-9-4-5-13(17)10(2)14(18)6-12-11(9)7-15(12,3)8-16/h11-13,16-17H,1-2,4-8H2,3H3/t11-,12-,13+,15-/m1/s1. The second-order valence-electron chi connectivity index (χ2n) is 6.09. The van der Waals surface area contributed by atoms with Crippen LogP contribution in [0.2, 0.25) is 0 Å². The van der Waals surface area contributed by atoms with Crippen LogP contribution < -0.4 is 0 Å². The Morgan fingerprint density at radius 3 is 2.72 bits per heavy atom. The van der Waals surface area contributed by atoms with Crippen molar-refractivity contribution >= 4 is 5.78 Å². The summed E-state index contributed by atoms with van der Waals surface area (Å²) in [6.07, 6.45) is 1.78. The van der Waals surface area contributed by atoms with Gasteiger partial charge in [0.05, 0.1) is 6.10 Å². The van der Waals surface area contributed by atoms with Gasteiger partial charge in [-0.1, -0.05) is 25.7 Å². The largest absolute Gasteiger partial charge is 0.396 e. The van der Waals surface area contributed by atoms with Crippen molar-refractivity contribution in [2.75, 3.05) is 6.61 Å². The molecule has 0 aromatic carbocycles. The number of hydrogen-bond donors (Lipinski definition) is 2. The van der Waals surface area contributed by atoms with E-state index in [1.807, 2.05) is 6.92 Å². The third kappa shape index (κ3) is 2.06. The van der Waals surface area contributed by atoms with Gasteiger partial charge in [-0.05, 0) is 36.5 Å². The van der Waals surface area contributed by atoms with Gasteiger partial charge in [0.1, 0.15) is 0 Å². The lowest BCUT2D eigenvalue weighted by Crippen LogP contribution is -2.49. The minimum Gasteiger partial charge on any atom is -0.396 e. The van der Waals surface area contributed by atoms with Crippen molar-refractivity contribution in [2.24, 2.45) is 17.3 Å². The Morgan fingerprint density at radius 2 is 2.11 bits per heavy atom. The number of ketones is 1. The minimum absolute atomic E-state index is 0.0634. The van der Waals surface area contributed by atoms with Crippen LogP contribution >= 0.6 is 0 Å². The predicted molar refractivity (Wildman–Crippen MR) is 69.9 cm³/mol. The number of rotatable bonds is 1. The van der Waals surface area contributed by atoms with Gasteiger partial charge in [-0.3, -0.25) is 4.79 Å². The highest BCUT2D eigenvalue weighted by molar-refractivity contribution is 5.96. The highest BCUT2D eigenvalue weighted by Crippen LogP contribution is 2.56. The van der Waals surface area contributed by atoms with Gasteiger partial charge >= 0.3 is 0 Å². The Bertz CT molecular complexity index is 399. The lowest BCUT2D eigenvalue weighted by atomic mass is 9.51. The molecule has 0 aromatic rings. The molecule has 0 spiro atoms. The Kier molecular flexibility index (Phi) is 3.47. The van der Waals surface area contributed by atoms with Crippen LogP contribution in [0.4, 0.5) is 0 Å². The first-order valence-electron chi connectivity index (χ1n) is 6.57. The van der Waals surface area contributed by atoms with Crippen LogP contribution in [0.25, 0.3) is 0 Å². The fourth-order valence-electron chi connectivity index (χ4n) is 3.32. The molecule has 0 bridgehead atoms. The molecule has 2 saturated carbocycles. The van der Waals surface area contributed by atoms with E-state index in [9.17, 15) is 15.0 Å². The first-order chi connectivity index (χ1) is 8.39. The molecule has 4 atom stereocenters. The average Bonchev–Trinajstić information content (AvgIpc) is 2.38. The summed E-state index contributed by atoms with van der Waals surface area (Å²) < 4.78 is 0. The van der Waals surface area contributed by atoms with E-state index in [4.69, 9.17) is 0 Å². The first-order valence-corrected chi connectivity index (χ1v) is 6.57. The van der Waals surface area contributed by atoms with Crippen molar-refractivity contribution < 1.29 is 15.0 Å². The lowest BCUT2D eigenvalue weighted by Gasteiger charge is -2.53.